The van der Waals surface area contributed by atoms with Crippen molar-refractivity contribution in [1.82, 2.24) is 4.90 Å². The van der Waals surface area contributed by atoms with Crippen molar-refractivity contribution in [3.63, 3.8) is 0 Å². The lowest BCUT2D eigenvalue weighted by Gasteiger charge is -2.34. The summed E-state index contributed by atoms with van der Waals surface area (Å²) in [7, 11) is 0. The quantitative estimate of drug-likeness (QED) is 0.908. The van der Waals surface area contributed by atoms with Gasteiger partial charge >= 0.3 is 0 Å². The molecule has 0 spiro atoms. The van der Waals surface area contributed by atoms with Crippen molar-refractivity contribution < 1.29 is 0 Å². The second kappa shape index (κ2) is 8.30. The van der Waals surface area contributed by atoms with Crippen LogP contribution in [0, 0.1) is 0 Å². The van der Waals surface area contributed by atoms with Crippen LogP contribution in [0.3, 0.4) is 0 Å². The van der Waals surface area contributed by atoms with Crippen LogP contribution in [0.4, 0.5) is 0 Å². The minimum Gasteiger partial charge on any atom is -0.329 e. The van der Waals surface area contributed by atoms with Gasteiger partial charge in [0, 0.05) is 19.1 Å². The largest absolute Gasteiger partial charge is 0.329 e. The van der Waals surface area contributed by atoms with Gasteiger partial charge in [-0.05, 0) is 24.9 Å². The lowest BCUT2D eigenvalue weighted by molar-refractivity contribution is 0.170. The Morgan fingerprint density at radius 1 is 1.22 bits per heavy atom. The first-order valence-electron chi connectivity index (χ1n) is 6.56. The van der Waals surface area contributed by atoms with E-state index in [2.05, 4.69) is 41.3 Å². The van der Waals surface area contributed by atoms with Crippen LogP contribution in [-0.2, 0) is 0 Å². The van der Waals surface area contributed by atoms with E-state index in [0.717, 1.165) is 13.1 Å². The number of hydrogen-bond donors (Lipinski definition) is 1. The second-order valence-corrected chi connectivity index (χ2v) is 4.69. The predicted octanol–water partition coefficient (Wildman–Crippen LogP) is 2.93. The molecule has 1 aliphatic rings. The lowest BCUT2D eigenvalue weighted by Crippen LogP contribution is -2.43. The highest BCUT2D eigenvalue weighted by molar-refractivity contribution is 5.85. The van der Waals surface area contributed by atoms with Crippen molar-refractivity contribution in [3.05, 3.63) is 42.0 Å². The summed E-state index contributed by atoms with van der Waals surface area (Å²) < 4.78 is 0. The molecule has 3 heteroatoms. The molecule has 0 bridgehead atoms. The van der Waals surface area contributed by atoms with Crippen molar-refractivity contribution in [1.29, 1.82) is 0 Å². The zero-order valence-electron chi connectivity index (χ0n) is 10.8. The average Bonchev–Trinajstić information content (AvgIpc) is 2.40. The van der Waals surface area contributed by atoms with Crippen LogP contribution in [0.5, 0.6) is 0 Å². The first-order chi connectivity index (χ1) is 8.40. The molecule has 1 saturated heterocycles. The molecular weight excluding hydrogens is 244 g/mol. The molecule has 1 aliphatic heterocycles. The summed E-state index contributed by atoms with van der Waals surface area (Å²) in [6, 6.07) is 11.0. The summed E-state index contributed by atoms with van der Waals surface area (Å²) >= 11 is 0. The fourth-order valence-corrected chi connectivity index (χ4v) is 2.46. The first-order valence-corrected chi connectivity index (χ1v) is 6.56. The standard InChI is InChI=1S/C15H22N2.ClH/c16-13-15-10-4-5-11-17(15)12-6-9-14-7-2-1-3-8-14;/h1-3,6-9,15H,4-5,10-13,16H2;1H/b9-6+;. The summed E-state index contributed by atoms with van der Waals surface area (Å²) in [6.45, 7) is 3.01. The van der Waals surface area contributed by atoms with Crippen molar-refractivity contribution in [3.8, 4) is 0 Å². The molecule has 2 rings (SSSR count). The first kappa shape index (κ1) is 15.2. The fourth-order valence-electron chi connectivity index (χ4n) is 2.46. The SMILES string of the molecule is Cl.NCC1CCCCN1C/C=C/c1ccccc1. The molecule has 0 radical (unpaired) electrons. The van der Waals surface area contributed by atoms with Crippen molar-refractivity contribution in [2.75, 3.05) is 19.6 Å². The van der Waals surface area contributed by atoms with E-state index >= 15 is 0 Å². The third-order valence-electron chi connectivity index (χ3n) is 3.47. The van der Waals surface area contributed by atoms with Gasteiger partial charge in [0.2, 0.25) is 0 Å². The molecule has 2 nitrogen and oxygen atoms in total. The molecular formula is C15H23ClN2. The number of nitrogens with zero attached hydrogens (tertiary/aromatic N) is 1. The number of rotatable bonds is 4. The lowest BCUT2D eigenvalue weighted by atomic mass is 10.0. The van der Waals surface area contributed by atoms with Gasteiger partial charge in [-0.15, -0.1) is 12.4 Å². The highest BCUT2D eigenvalue weighted by Crippen LogP contribution is 2.15. The Balaban J connectivity index is 0.00000162. The van der Waals surface area contributed by atoms with Crippen LogP contribution in [0.1, 0.15) is 24.8 Å². The molecule has 0 aliphatic carbocycles. The number of nitrogens with two attached hydrogens (primary N) is 1. The molecule has 1 fully saturated rings. The highest BCUT2D eigenvalue weighted by atomic mass is 35.5. The van der Waals surface area contributed by atoms with Crippen LogP contribution in [0.25, 0.3) is 6.08 Å². The third-order valence-corrected chi connectivity index (χ3v) is 3.47. The Hall–Kier alpha value is -0.830. The van der Waals surface area contributed by atoms with E-state index < -0.39 is 0 Å². The Morgan fingerprint density at radius 3 is 2.72 bits per heavy atom. The molecule has 1 aromatic rings. The summed E-state index contributed by atoms with van der Waals surface area (Å²) in [6.07, 6.45) is 8.36. The summed E-state index contributed by atoms with van der Waals surface area (Å²) in [5, 5.41) is 0. The van der Waals surface area contributed by atoms with Crippen molar-refractivity contribution in [2.24, 2.45) is 5.73 Å². The molecule has 18 heavy (non-hydrogen) atoms. The van der Waals surface area contributed by atoms with Gasteiger partial charge in [-0.1, -0.05) is 48.9 Å². The molecule has 1 aromatic carbocycles. The van der Waals surface area contributed by atoms with Crippen LogP contribution >= 0.6 is 12.4 Å². The van der Waals surface area contributed by atoms with E-state index in [9.17, 15) is 0 Å². The monoisotopic (exact) mass is 266 g/mol. The molecule has 0 amide bonds. The average molecular weight is 267 g/mol. The number of benzene rings is 1. The van der Waals surface area contributed by atoms with Gasteiger partial charge in [0.25, 0.3) is 0 Å². The summed E-state index contributed by atoms with van der Waals surface area (Å²) in [4.78, 5) is 2.50. The summed E-state index contributed by atoms with van der Waals surface area (Å²) in [5.74, 6) is 0. The zero-order valence-corrected chi connectivity index (χ0v) is 11.6. The maximum absolute atomic E-state index is 5.81. The molecule has 1 atom stereocenters. The van der Waals surface area contributed by atoms with Gasteiger partial charge in [-0.25, -0.2) is 0 Å². The molecule has 0 saturated carbocycles. The second-order valence-electron chi connectivity index (χ2n) is 4.69. The maximum atomic E-state index is 5.81. The van der Waals surface area contributed by atoms with Gasteiger partial charge in [0.15, 0.2) is 0 Å². The van der Waals surface area contributed by atoms with Gasteiger partial charge in [-0.2, -0.15) is 0 Å². The Kier molecular flexibility index (Phi) is 7.02. The predicted molar refractivity (Wildman–Crippen MR) is 81.0 cm³/mol. The number of likely N-dealkylation sites (tertiary alicyclic amines) is 1. The van der Waals surface area contributed by atoms with Crippen LogP contribution in [0.2, 0.25) is 0 Å². The van der Waals surface area contributed by atoms with Crippen molar-refractivity contribution >= 4 is 18.5 Å². The van der Waals surface area contributed by atoms with E-state index in [4.69, 9.17) is 5.73 Å². The molecule has 0 aromatic heterocycles. The normalized spacial score (nSPS) is 20.8. The van der Waals surface area contributed by atoms with E-state index in [1.165, 1.54) is 31.4 Å². The van der Waals surface area contributed by atoms with Crippen molar-refractivity contribution in [2.45, 2.75) is 25.3 Å². The smallest absolute Gasteiger partial charge is 0.0221 e. The third kappa shape index (κ3) is 4.45. The molecule has 100 valence electrons. The van der Waals surface area contributed by atoms with Gasteiger partial charge in [-0.3, -0.25) is 4.90 Å². The Bertz CT molecular complexity index is 351. The molecule has 1 unspecified atom stereocenters. The van der Waals surface area contributed by atoms with Gasteiger partial charge < -0.3 is 5.73 Å². The zero-order chi connectivity index (χ0) is 11.9. The number of halogens is 1. The summed E-state index contributed by atoms with van der Waals surface area (Å²) in [5.41, 5.74) is 7.08. The maximum Gasteiger partial charge on any atom is 0.0221 e. The minimum atomic E-state index is 0. The van der Waals surface area contributed by atoms with E-state index in [-0.39, 0.29) is 12.4 Å². The van der Waals surface area contributed by atoms with E-state index in [1.807, 2.05) is 6.07 Å². The fraction of sp³-hybridized carbons (Fsp3) is 0.467. The minimum absolute atomic E-state index is 0. The van der Waals surface area contributed by atoms with E-state index in [0.29, 0.717) is 6.04 Å². The molecule has 1 heterocycles. The van der Waals surface area contributed by atoms with Gasteiger partial charge in [0.1, 0.15) is 0 Å². The number of piperidine rings is 1. The number of hydrogen-bond acceptors (Lipinski definition) is 2. The van der Waals surface area contributed by atoms with Crippen LogP contribution in [-0.4, -0.2) is 30.6 Å². The highest BCUT2D eigenvalue weighted by Gasteiger charge is 2.19. The topological polar surface area (TPSA) is 29.3 Å². The van der Waals surface area contributed by atoms with Gasteiger partial charge in [0.05, 0.1) is 0 Å². The van der Waals surface area contributed by atoms with Crippen LogP contribution < -0.4 is 5.73 Å². The Morgan fingerprint density at radius 2 is 2.00 bits per heavy atom. The molecule has 2 N–H and O–H groups in total. The van der Waals surface area contributed by atoms with Crippen LogP contribution in [0.15, 0.2) is 36.4 Å². The Labute approximate surface area is 116 Å². The van der Waals surface area contributed by atoms with E-state index in [1.54, 1.807) is 0 Å².